The third kappa shape index (κ3) is 4.04. The number of hydrogen-bond acceptors (Lipinski definition) is 2. The number of aryl methyl sites for hydroxylation is 2. The highest BCUT2D eigenvalue weighted by atomic mass is 19.2. The highest BCUT2D eigenvalue weighted by molar-refractivity contribution is 5.89. The molecule has 4 nitrogen and oxygen atoms in total. The number of halogens is 2. The van der Waals surface area contributed by atoms with Crippen LogP contribution in [0.25, 0.3) is 0 Å². The van der Waals surface area contributed by atoms with Crippen LogP contribution in [0, 0.1) is 17.6 Å². The maximum Gasteiger partial charge on any atom is 0.319 e. The van der Waals surface area contributed by atoms with Gasteiger partial charge in [-0.1, -0.05) is 6.07 Å². The standard InChI is InChI=1S/C21H23F2N3O/c22-19-7-6-18(11-20(19)23)26-9-8-14(13-26)12-24-21(27)25-17-5-4-15-2-1-3-16(15)10-17/h4-7,10-11,14H,1-3,8-9,12-13H2,(H2,24,25,27). The number of rotatable bonds is 4. The number of carbonyl (C=O) groups is 1. The van der Waals surface area contributed by atoms with E-state index in [2.05, 4.69) is 22.8 Å². The zero-order chi connectivity index (χ0) is 18.8. The van der Waals surface area contributed by atoms with E-state index in [1.54, 1.807) is 6.07 Å². The lowest BCUT2D eigenvalue weighted by Crippen LogP contribution is -2.34. The summed E-state index contributed by atoms with van der Waals surface area (Å²) >= 11 is 0. The van der Waals surface area contributed by atoms with Crippen LogP contribution in [0.2, 0.25) is 0 Å². The molecule has 2 N–H and O–H groups in total. The summed E-state index contributed by atoms with van der Waals surface area (Å²) in [6, 6.07) is 9.86. The van der Waals surface area contributed by atoms with Crippen molar-refractivity contribution in [2.24, 2.45) is 5.92 Å². The van der Waals surface area contributed by atoms with Gasteiger partial charge < -0.3 is 15.5 Å². The van der Waals surface area contributed by atoms with E-state index in [0.29, 0.717) is 18.8 Å². The van der Waals surface area contributed by atoms with Gasteiger partial charge in [0.2, 0.25) is 0 Å². The summed E-state index contributed by atoms with van der Waals surface area (Å²) in [6.07, 6.45) is 4.28. The van der Waals surface area contributed by atoms with Crippen LogP contribution in [-0.2, 0) is 12.8 Å². The second-order valence-electron chi connectivity index (χ2n) is 7.37. The van der Waals surface area contributed by atoms with E-state index < -0.39 is 11.6 Å². The van der Waals surface area contributed by atoms with Crippen LogP contribution in [0.5, 0.6) is 0 Å². The number of hydrogen-bond donors (Lipinski definition) is 2. The van der Waals surface area contributed by atoms with Gasteiger partial charge in [0.15, 0.2) is 11.6 Å². The molecule has 6 heteroatoms. The zero-order valence-corrected chi connectivity index (χ0v) is 15.1. The molecule has 1 atom stereocenters. The quantitative estimate of drug-likeness (QED) is 0.850. The summed E-state index contributed by atoms with van der Waals surface area (Å²) in [5.41, 5.74) is 4.21. The lowest BCUT2D eigenvalue weighted by atomic mass is 10.1. The molecule has 1 aliphatic heterocycles. The molecular weight excluding hydrogens is 348 g/mol. The SMILES string of the molecule is O=C(NCC1CCN(c2ccc(F)c(F)c2)C1)Nc1ccc2c(c1)CCC2. The Kier molecular flexibility index (Phi) is 4.97. The van der Waals surface area contributed by atoms with Crippen LogP contribution >= 0.6 is 0 Å². The van der Waals surface area contributed by atoms with Crippen molar-refractivity contribution in [2.75, 3.05) is 29.9 Å². The molecule has 0 spiro atoms. The van der Waals surface area contributed by atoms with Gasteiger partial charge in [0.25, 0.3) is 0 Å². The van der Waals surface area contributed by atoms with Crippen molar-refractivity contribution < 1.29 is 13.6 Å². The van der Waals surface area contributed by atoms with E-state index in [4.69, 9.17) is 0 Å². The Labute approximate surface area is 157 Å². The van der Waals surface area contributed by atoms with Crippen LogP contribution in [0.3, 0.4) is 0 Å². The molecule has 0 saturated carbocycles. The number of nitrogens with one attached hydrogen (secondary N) is 2. The molecule has 4 rings (SSSR count). The zero-order valence-electron chi connectivity index (χ0n) is 15.1. The number of nitrogens with zero attached hydrogens (tertiary/aromatic N) is 1. The van der Waals surface area contributed by atoms with E-state index in [1.165, 1.54) is 23.6 Å². The topological polar surface area (TPSA) is 44.4 Å². The van der Waals surface area contributed by atoms with Crippen LogP contribution < -0.4 is 15.5 Å². The predicted molar refractivity (Wildman–Crippen MR) is 102 cm³/mol. The largest absolute Gasteiger partial charge is 0.371 e. The number of carbonyl (C=O) groups excluding carboxylic acids is 1. The molecule has 0 radical (unpaired) electrons. The first kappa shape index (κ1) is 17.8. The van der Waals surface area contributed by atoms with Crippen molar-refractivity contribution in [2.45, 2.75) is 25.7 Å². The van der Waals surface area contributed by atoms with Crippen LogP contribution in [0.1, 0.15) is 24.0 Å². The van der Waals surface area contributed by atoms with Crippen molar-refractivity contribution in [3.05, 3.63) is 59.2 Å². The number of urea groups is 1. The molecule has 0 aromatic heterocycles. The fourth-order valence-electron chi connectivity index (χ4n) is 3.98. The first-order valence-corrected chi connectivity index (χ1v) is 9.45. The van der Waals surface area contributed by atoms with Crippen LogP contribution in [0.4, 0.5) is 25.0 Å². The molecule has 0 bridgehead atoms. The van der Waals surface area contributed by atoms with E-state index >= 15 is 0 Å². The molecular formula is C21H23F2N3O. The third-order valence-corrected chi connectivity index (χ3v) is 5.46. The minimum atomic E-state index is -0.834. The Balaban J connectivity index is 1.26. The van der Waals surface area contributed by atoms with Crippen molar-refractivity contribution in [1.29, 1.82) is 0 Å². The van der Waals surface area contributed by atoms with Gasteiger partial charge >= 0.3 is 6.03 Å². The number of amides is 2. The summed E-state index contributed by atoms with van der Waals surface area (Å²) in [7, 11) is 0. The van der Waals surface area contributed by atoms with Gasteiger partial charge in [-0.2, -0.15) is 0 Å². The number of benzene rings is 2. The third-order valence-electron chi connectivity index (χ3n) is 5.46. The van der Waals surface area contributed by atoms with Gasteiger partial charge in [0, 0.05) is 37.1 Å². The molecule has 142 valence electrons. The van der Waals surface area contributed by atoms with E-state index in [-0.39, 0.29) is 11.9 Å². The van der Waals surface area contributed by atoms with Crippen molar-refractivity contribution >= 4 is 17.4 Å². The smallest absolute Gasteiger partial charge is 0.319 e. The highest BCUT2D eigenvalue weighted by Gasteiger charge is 2.24. The van der Waals surface area contributed by atoms with Gasteiger partial charge in [0.05, 0.1) is 0 Å². The Morgan fingerprint density at radius 2 is 1.93 bits per heavy atom. The number of fused-ring (bicyclic) bond motifs is 1. The molecule has 2 aliphatic rings. The molecule has 2 amide bonds. The summed E-state index contributed by atoms with van der Waals surface area (Å²) in [6.45, 7) is 2.03. The lowest BCUT2D eigenvalue weighted by molar-refractivity contribution is 0.250. The normalized spacial score (nSPS) is 18.4. The molecule has 1 fully saturated rings. The molecule has 1 unspecified atom stereocenters. The first-order chi connectivity index (χ1) is 13.1. The van der Waals surface area contributed by atoms with Crippen molar-refractivity contribution in [3.8, 4) is 0 Å². The van der Waals surface area contributed by atoms with Gasteiger partial charge in [-0.3, -0.25) is 0 Å². The minimum Gasteiger partial charge on any atom is -0.371 e. The van der Waals surface area contributed by atoms with Gasteiger partial charge in [-0.05, 0) is 67.0 Å². The Morgan fingerprint density at radius 1 is 1.07 bits per heavy atom. The fraction of sp³-hybridized carbons (Fsp3) is 0.381. The minimum absolute atomic E-state index is 0.209. The molecule has 27 heavy (non-hydrogen) atoms. The van der Waals surface area contributed by atoms with Crippen molar-refractivity contribution in [3.63, 3.8) is 0 Å². The first-order valence-electron chi connectivity index (χ1n) is 9.45. The van der Waals surface area contributed by atoms with E-state index in [1.807, 2.05) is 11.0 Å². The average molecular weight is 371 g/mol. The predicted octanol–water partition coefficient (Wildman–Crippen LogP) is 4.10. The summed E-state index contributed by atoms with van der Waals surface area (Å²) in [5.74, 6) is -1.38. The van der Waals surface area contributed by atoms with Crippen LogP contribution in [0.15, 0.2) is 36.4 Å². The molecule has 1 saturated heterocycles. The maximum absolute atomic E-state index is 13.4. The summed E-state index contributed by atoms with van der Waals surface area (Å²) in [4.78, 5) is 14.2. The Morgan fingerprint density at radius 3 is 2.78 bits per heavy atom. The Bertz CT molecular complexity index is 855. The summed E-state index contributed by atoms with van der Waals surface area (Å²) in [5, 5.41) is 5.82. The molecule has 1 aliphatic carbocycles. The lowest BCUT2D eigenvalue weighted by Gasteiger charge is -2.19. The van der Waals surface area contributed by atoms with Gasteiger partial charge in [-0.25, -0.2) is 13.6 Å². The monoisotopic (exact) mass is 371 g/mol. The van der Waals surface area contributed by atoms with Crippen LogP contribution in [-0.4, -0.2) is 25.7 Å². The van der Waals surface area contributed by atoms with Crippen molar-refractivity contribution in [1.82, 2.24) is 5.32 Å². The van der Waals surface area contributed by atoms with E-state index in [0.717, 1.165) is 37.6 Å². The van der Waals surface area contributed by atoms with Gasteiger partial charge in [0.1, 0.15) is 0 Å². The maximum atomic E-state index is 13.4. The van der Waals surface area contributed by atoms with E-state index in [9.17, 15) is 13.6 Å². The average Bonchev–Trinajstić information content (AvgIpc) is 3.31. The highest BCUT2D eigenvalue weighted by Crippen LogP contribution is 2.26. The Hall–Kier alpha value is -2.63. The second kappa shape index (κ2) is 7.55. The molecule has 1 heterocycles. The number of anilines is 2. The fourth-order valence-corrected chi connectivity index (χ4v) is 3.98. The molecule has 2 aromatic rings. The summed E-state index contributed by atoms with van der Waals surface area (Å²) < 4.78 is 26.5. The second-order valence-corrected chi connectivity index (χ2v) is 7.37. The van der Waals surface area contributed by atoms with Gasteiger partial charge in [-0.15, -0.1) is 0 Å². The molecule has 2 aromatic carbocycles.